The van der Waals surface area contributed by atoms with Crippen molar-refractivity contribution in [3.63, 3.8) is 0 Å². The van der Waals surface area contributed by atoms with E-state index in [-0.39, 0.29) is 19.1 Å². The van der Waals surface area contributed by atoms with E-state index >= 15 is 0 Å². The van der Waals surface area contributed by atoms with Crippen molar-refractivity contribution in [3.8, 4) is 0 Å². The maximum atomic E-state index is 12.4. The lowest BCUT2D eigenvalue weighted by Crippen LogP contribution is -2.33. The summed E-state index contributed by atoms with van der Waals surface area (Å²) in [5.41, 5.74) is 0.694. The quantitative estimate of drug-likeness (QED) is 0.881. The van der Waals surface area contributed by atoms with Crippen LogP contribution in [0, 0.1) is 0 Å². The second-order valence-corrected chi connectivity index (χ2v) is 3.79. The molecule has 0 fully saturated rings. The predicted molar refractivity (Wildman–Crippen MR) is 64.8 cm³/mol. The highest BCUT2D eigenvalue weighted by Crippen LogP contribution is 2.15. The Labute approximate surface area is 103 Å². The van der Waals surface area contributed by atoms with Crippen molar-refractivity contribution in [2.45, 2.75) is 6.43 Å². The first-order chi connectivity index (χ1) is 8.70. The zero-order chi connectivity index (χ0) is 13.0. The molecule has 18 heavy (non-hydrogen) atoms. The van der Waals surface area contributed by atoms with Crippen LogP contribution in [0.5, 0.6) is 0 Å². The fraction of sp³-hybridized carbons (Fsp3) is 0.333. The number of fused-ring (bicyclic) bond motifs is 1. The van der Waals surface area contributed by atoms with Crippen LogP contribution in [-0.4, -0.2) is 41.2 Å². The van der Waals surface area contributed by atoms with Gasteiger partial charge in [0.05, 0.1) is 18.7 Å². The van der Waals surface area contributed by atoms with Crippen molar-refractivity contribution in [1.82, 2.24) is 9.97 Å². The van der Waals surface area contributed by atoms with E-state index < -0.39 is 13.0 Å². The van der Waals surface area contributed by atoms with Crippen LogP contribution in [0.1, 0.15) is 0 Å². The summed E-state index contributed by atoms with van der Waals surface area (Å²) < 4.78 is 24.9. The lowest BCUT2D eigenvalue weighted by molar-refractivity contribution is 0.152. The predicted octanol–water partition coefficient (Wildman–Crippen LogP) is 1.69. The van der Waals surface area contributed by atoms with Crippen molar-refractivity contribution in [2.24, 2.45) is 0 Å². The van der Waals surface area contributed by atoms with Gasteiger partial charge in [-0.3, -0.25) is 0 Å². The molecule has 2 aromatic rings. The van der Waals surface area contributed by atoms with Gasteiger partial charge in [0.2, 0.25) is 5.95 Å². The molecular weight excluding hydrogens is 240 g/mol. The molecule has 6 heteroatoms. The van der Waals surface area contributed by atoms with Crippen molar-refractivity contribution in [3.05, 3.63) is 30.5 Å². The highest BCUT2D eigenvalue weighted by Gasteiger charge is 2.15. The fourth-order valence-electron chi connectivity index (χ4n) is 1.68. The molecular formula is C12H13F2N3O. The third-order valence-electron chi connectivity index (χ3n) is 2.49. The molecule has 0 aliphatic carbocycles. The first-order valence-corrected chi connectivity index (χ1v) is 5.56. The highest BCUT2D eigenvalue weighted by molar-refractivity contribution is 5.78. The second-order valence-electron chi connectivity index (χ2n) is 3.79. The molecule has 96 valence electrons. The summed E-state index contributed by atoms with van der Waals surface area (Å²) in [6, 6.07) is 7.32. The molecule has 0 atom stereocenters. The summed E-state index contributed by atoms with van der Waals surface area (Å²) in [7, 11) is 0. The number of benzene rings is 1. The highest BCUT2D eigenvalue weighted by atomic mass is 19.3. The zero-order valence-electron chi connectivity index (χ0n) is 9.63. The number of aromatic nitrogens is 2. The van der Waals surface area contributed by atoms with E-state index in [1.54, 1.807) is 12.3 Å². The third-order valence-corrected chi connectivity index (χ3v) is 2.49. The Hall–Kier alpha value is -1.82. The molecule has 0 saturated carbocycles. The summed E-state index contributed by atoms with van der Waals surface area (Å²) in [6.07, 6.45) is -0.903. The number of rotatable bonds is 5. The van der Waals surface area contributed by atoms with Crippen LogP contribution < -0.4 is 4.90 Å². The van der Waals surface area contributed by atoms with E-state index in [0.717, 1.165) is 5.39 Å². The molecule has 0 aliphatic rings. The molecule has 1 N–H and O–H groups in total. The number of anilines is 1. The summed E-state index contributed by atoms with van der Waals surface area (Å²) >= 11 is 0. The Bertz CT molecular complexity index is 521. The second kappa shape index (κ2) is 5.68. The van der Waals surface area contributed by atoms with Gasteiger partial charge in [-0.05, 0) is 6.07 Å². The first kappa shape index (κ1) is 12.6. The minimum atomic E-state index is -2.49. The molecule has 0 radical (unpaired) electrons. The van der Waals surface area contributed by atoms with Gasteiger partial charge in [-0.1, -0.05) is 18.2 Å². The van der Waals surface area contributed by atoms with Crippen LogP contribution >= 0.6 is 0 Å². The number of hydrogen-bond donors (Lipinski definition) is 1. The number of hydrogen-bond acceptors (Lipinski definition) is 4. The SMILES string of the molecule is OCCN(CC(F)F)c1ncc2ccccc2n1. The summed E-state index contributed by atoms with van der Waals surface area (Å²) in [5.74, 6) is 0.211. The molecule has 2 rings (SSSR count). The zero-order valence-corrected chi connectivity index (χ0v) is 9.63. The minimum absolute atomic E-state index is 0.0860. The standard InChI is InChI=1S/C12H13F2N3O/c13-11(14)8-17(5-6-18)12-15-7-9-3-1-2-4-10(9)16-12/h1-4,7,11,18H,5-6,8H2. The van der Waals surface area contributed by atoms with E-state index in [9.17, 15) is 8.78 Å². The van der Waals surface area contributed by atoms with Crippen LogP contribution in [0.3, 0.4) is 0 Å². The largest absolute Gasteiger partial charge is 0.395 e. The van der Waals surface area contributed by atoms with E-state index in [4.69, 9.17) is 5.11 Å². The smallest absolute Gasteiger partial charge is 0.255 e. The maximum Gasteiger partial charge on any atom is 0.255 e. The van der Waals surface area contributed by atoms with E-state index in [0.29, 0.717) is 5.52 Å². The van der Waals surface area contributed by atoms with Crippen LogP contribution in [0.4, 0.5) is 14.7 Å². The van der Waals surface area contributed by atoms with Gasteiger partial charge in [0.15, 0.2) is 0 Å². The lowest BCUT2D eigenvalue weighted by Gasteiger charge is -2.21. The fourth-order valence-corrected chi connectivity index (χ4v) is 1.68. The molecule has 0 bridgehead atoms. The number of para-hydroxylation sites is 1. The van der Waals surface area contributed by atoms with E-state index in [2.05, 4.69) is 9.97 Å². The Balaban J connectivity index is 2.31. The molecule has 0 spiro atoms. The van der Waals surface area contributed by atoms with Crippen molar-refractivity contribution >= 4 is 16.9 Å². The maximum absolute atomic E-state index is 12.4. The Morgan fingerprint density at radius 2 is 2.06 bits per heavy atom. The van der Waals surface area contributed by atoms with Gasteiger partial charge in [0.1, 0.15) is 0 Å². The van der Waals surface area contributed by atoms with Gasteiger partial charge >= 0.3 is 0 Å². The minimum Gasteiger partial charge on any atom is -0.395 e. The molecule has 0 unspecified atom stereocenters. The van der Waals surface area contributed by atoms with Crippen LogP contribution in [-0.2, 0) is 0 Å². The molecule has 4 nitrogen and oxygen atoms in total. The van der Waals surface area contributed by atoms with Gasteiger partial charge in [0.25, 0.3) is 6.43 Å². The van der Waals surface area contributed by atoms with Crippen LogP contribution in [0.15, 0.2) is 30.5 Å². The third kappa shape index (κ3) is 2.89. The number of aliphatic hydroxyl groups excluding tert-OH is 1. The summed E-state index contributed by atoms with van der Waals surface area (Å²) in [6.45, 7) is -0.621. The van der Waals surface area contributed by atoms with Gasteiger partial charge in [-0.25, -0.2) is 18.7 Å². The van der Waals surface area contributed by atoms with Crippen LogP contribution in [0.25, 0.3) is 10.9 Å². The number of aliphatic hydroxyl groups is 1. The van der Waals surface area contributed by atoms with Crippen molar-refractivity contribution in [1.29, 1.82) is 0 Å². The monoisotopic (exact) mass is 253 g/mol. The molecule has 0 aliphatic heterocycles. The van der Waals surface area contributed by atoms with Gasteiger partial charge in [-0.15, -0.1) is 0 Å². The number of halogens is 2. The Morgan fingerprint density at radius 1 is 1.28 bits per heavy atom. The Morgan fingerprint density at radius 3 is 2.78 bits per heavy atom. The van der Waals surface area contributed by atoms with Crippen molar-refractivity contribution in [2.75, 3.05) is 24.6 Å². The number of alkyl halides is 2. The van der Waals surface area contributed by atoms with E-state index in [1.165, 1.54) is 4.90 Å². The summed E-state index contributed by atoms with van der Waals surface area (Å²) in [5, 5.41) is 9.73. The van der Waals surface area contributed by atoms with Crippen molar-refractivity contribution < 1.29 is 13.9 Å². The lowest BCUT2D eigenvalue weighted by atomic mass is 10.2. The molecule has 1 aromatic heterocycles. The molecule has 0 saturated heterocycles. The topological polar surface area (TPSA) is 49.2 Å². The molecule has 1 heterocycles. The van der Waals surface area contributed by atoms with E-state index in [1.807, 2.05) is 18.2 Å². The Kier molecular flexibility index (Phi) is 3.99. The number of nitrogens with zero attached hydrogens (tertiary/aromatic N) is 3. The molecule has 0 amide bonds. The van der Waals surface area contributed by atoms with Gasteiger partial charge in [-0.2, -0.15) is 0 Å². The molecule has 1 aromatic carbocycles. The average molecular weight is 253 g/mol. The normalized spacial score (nSPS) is 11.1. The van der Waals surface area contributed by atoms with Crippen LogP contribution in [0.2, 0.25) is 0 Å². The van der Waals surface area contributed by atoms with Gasteiger partial charge < -0.3 is 10.0 Å². The van der Waals surface area contributed by atoms with Gasteiger partial charge in [0, 0.05) is 18.1 Å². The average Bonchev–Trinajstić information content (AvgIpc) is 2.37. The first-order valence-electron chi connectivity index (χ1n) is 5.56. The summed E-state index contributed by atoms with van der Waals surface area (Å²) in [4.78, 5) is 9.54.